The van der Waals surface area contributed by atoms with Crippen molar-refractivity contribution >= 4 is 23.2 Å². The highest BCUT2D eigenvalue weighted by molar-refractivity contribution is 5.85. The lowest BCUT2D eigenvalue weighted by atomic mass is 9.92. The first-order valence-corrected chi connectivity index (χ1v) is 6.49. The Morgan fingerprint density at radius 1 is 1.11 bits per heavy atom. The lowest BCUT2D eigenvalue weighted by Crippen LogP contribution is -2.18. The molecule has 2 aromatic carbocycles. The van der Waals surface area contributed by atoms with Crippen LogP contribution in [0.25, 0.3) is 10.8 Å². The van der Waals surface area contributed by atoms with Gasteiger partial charge in [-0.25, -0.2) is 0 Å². The van der Waals surface area contributed by atoms with Crippen molar-refractivity contribution in [2.24, 2.45) is 11.7 Å². The lowest BCUT2D eigenvalue weighted by molar-refractivity contribution is 0.415. The highest BCUT2D eigenvalue weighted by Crippen LogP contribution is 2.27. The van der Waals surface area contributed by atoms with Crippen molar-refractivity contribution in [1.29, 1.82) is 0 Å². The predicted molar refractivity (Wildman–Crippen MR) is 84.1 cm³/mol. The Kier molecular flexibility index (Phi) is 5.64. The number of nitrogens with two attached hydrogens (primary N) is 1. The molecule has 2 N–H and O–H groups in total. The fourth-order valence-electron chi connectivity index (χ4n) is 2.16. The molecule has 19 heavy (non-hydrogen) atoms. The quantitative estimate of drug-likeness (QED) is 0.905. The molecule has 1 unspecified atom stereocenters. The Morgan fingerprint density at radius 3 is 2.37 bits per heavy atom. The maximum Gasteiger partial charge on any atom is 0.119 e. The molecule has 0 amide bonds. The minimum absolute atomic E-state index is 0. The summed E-state index contributed by atoms with van der Waals surface area (Å²) in [4.78, 5) is 0. The molecule has 2 atom stereocenters. The van der Waals surface area contributed by atoms with E-state index < -0.39 is 0 Å². The zero-order valence-electron chi connectivity index (χ0n) is 11.7. The zero-order chi connectivity index (χ0) is 13.1. The Bertz CT molecular complexity index is 541. The molecular weight excluding hydrogens is 258 g/mol. The van der Waals surface area contributed by atoms with E-state index >= 15 is 0 Å². The fraction of sp³-hybridized carbons (Fsp3) is 0.375. The maximum atomic E-state index is 6.27. The molecule has 0 aliphatic carbocycles. The third-order valence-corrected chi connectivity index (χ3v) is 3.71. The van der Waals surface area contributed by atoms with Crippen molar-refractivity contribution in [1.82, 2.24) is 0 Å². The lowest BCUT2D eigenvalue weighted by Gasteiger charge is -2.19. The molecule has 0 aliphatic rings. The van der Waals surface area contributed by atoms with Crippen molar-refractivity contribution in [3.8, 4) is 5.75 Å². The van der Waals surface area contributed by atoms with Crippen LogP contribution in [-0.4, -0.2) is 7.11 Å². The van der Waals surface area contributed by atoms with Gasteiger partial charge in [-0.05, 0) is 40.5 Å². The molecular formula is C16H22ClNO. The molecule has 0 radical (unpaired) electrons. The van der Waals surface area contributed by atoms with Crippen molar-refractivity contribution in [3.05, 3.63) is 42.0 Å². The van der Waals surface area contributed by atoms with Crippen molar-refractivity contribution in [2.75, 3.05) is 7.11 Å². The highest BCUT2D eigenvalue weighted by atomic mass is 35.5. The summed E-state index contributed by atoms with van der Waals surface area (Å²) >= 11 is 0. The summed E-state index contributed by atoms with van der Waals surface area (Å²) in [5.74, 6) is 1.39. The number of fused-ring (bicyclic) bond motifs is 1. The van der Waals surface area contributed by atoms with Crippen LogP contribution in [0.4, 0.5) is 0 Å². The van der Waals surface area contributed by atoms with Gasteiger partial charge in [0, 0.05) is 6.04 Å². The van der Waals surface area contributed by atoms with Crippen LogP contribution < -0.4 is 10.5 Å². The number of hydrogen-bond donors (Lipinski definition) is 1. The van der Waals surface area contributed by atoms with Crippen LogP contribution in [0, 0.1) is 5.92 Å². The Hall–Kier alpha value is -1.25. The third kappa shape index (κ3) is 3.40. The second-order valence-electron chi connectivity index (χ2n) is 4.88. The molecule has 104 valence electrons. The Labute approximate surface area is 121 Å². The molecule has 0 heterocycles. The normalized spacial score (nSPS) is 13.7. The van der Waals surface area contributed by atoms with Gasteiger partial charge in [0.05, 0.1) is 7.11 Å². The van der Waals surface area contributed by atoms with Gasteiger partial charge in [-0.1, -0.05) is 38.5 Å². The first kappa shape index (κ1) is 15.8. The minimum atomic E-state index is 0. The van der Waals surface area contributed by atoms with Crippen molar-refractivity contribution in [3.63, 3.8) is 0 Å². The van der Waals surface area contributed by atoms with E-state index in [0.29, 0.717) is 5.92 Å². The average molecular weight is 280 g/mol. The zero-order valence-corrected chi connectivity index (χ0v) is 12.5. The first-order chi connectivity index (χ1) is 8.65. The van der Waals surface area contributed by atoms with Crippen LogP contribution in [0.3, 0.4) is 0 Å². The molecule has 0 saturated heterocycles. The largest absolute Gasteiger partial charge is 0.497 e. The molecule has 2 aromatic rings. The summed E-state index contributed by atoms with van der Waals surface area (Å²) in [5.41, 5.74) is 7.48. The standard InChI is InChI=1S/C16H21NO.ClH/c1-4-11(2)16(17)14-6-5-13-10-15(18-3)8-7-12(13)9-14;/h5-11,16H,4,17H2,1-3H3;1H/t11?,16-;/m1./s1. The second kappa shape index (κ2) is 6.78. The molecule has 0 spiro atoms. The van der Waals surface area contributed by atoms with Gasteiger partial charge in [0.2, 0.25) is 0 Å². The number of methoxy groups -OCH3 is 1. The number of ether oxygens (including phenoxy) is 1. The van der Waals surface area contributed by atoms with Gasteiger partial charge in [0.15, 0.2) is 0 Å². The summed E-state index contributed by atoms with van der Waals surface area (Å²) in [7, 11) is 1.69. The smallest absolute Gasteiger partial charge is 0.119 e. The van der Waals surface area contributed by atoms with Gasteiger partial charge in [0.1, 0.15) is 5.75 Å². The Morgan fingerprint density at radius 2 is 1.74 bits per heavy atom. The molecule has 0 fully saturated rings. The van der Waals surface area contributed by atoms with E-state index in [2.05, 4.69) is 38.1 Å². The highest BCUT2D eigenvalue weighted by Gasteiger charge is 2.13. The van der Waals surface area contributed by atoms with E-state index in [1.54, 1.807) is 7.11 Å². The van der Waals surface area contributed by atoms with Crippen LogP contribution >= 0.6 is 12.4 Å². The number of rotatable bonds is 4. The van der Waals surface area contributed by atoms with Crippen LogP contribution in [0.2, 0.25) is 0 Å². The summed E-state index contributed by atoms with van der Waals surface area (Å²) in [6, 6.07) is 12.7. The third-order valence-electron chi connectivity index (χ3n) is 3.71. The monoisotopic (exact) mass is 279 g/mol. The van der Waals surface area contributed by atoms with E-state index in [4.69, 9.17) is 10.5 Å². The number of hydrogen-bond acceptors (Lipinski definition) is 2. The molecule has 0 aromatic heterocycles. The Balaban J connectivity index is 0.00000180. The van der Waals surface area contributed by atoms with Crippen LogP contribution in [0.15, 0.2) is 36.4 Å². The number of halogens is 1. The first-order valence-electron chi connectivity index (χ1n) is 6.49. The van der Waals surface area contributed by atoms with Gasteiger partial charge in [0.25, 0.3) is 0 Å². The SMILES string of the molecule is CCC(C)[C@@H](N)c1ccc2cc(OC)ccc2c1.Cl. The fourth-order valence-corrected chi connectivity index (χ4v) is 2.16. The molecule has 0 bridgehead atoms. The molecule has 2 rings (SSSR count). The molecule has 3 heteroatoms. The van der Waals surface area contributed by atoms with Crippen LogP contribution in [0.5, 0.6) is 5.75 Å². The summed E-state index contributed by atoms with van der Waals surface area (Å²) < 4.78 is 5.23. The van der Waals surface area contributed by atoms with Crippen molar-refractivity contribution in [2.45, 2.75) is 26.3 Å². The topological polar surface area (TPSA) is 35.2 Å². The van der Waals surface area contributed by atoms with Gasteiger partial charge < -0.3 is 10.5 Å². The van der Waals surface area contributed by atoms with E-state index in [1.807, 2.05) is 12.1 Å². The summed E-state index contributed by atoms with van der Waals surface area (Å²) in [5, 5.41) is 2.40. The van der Waals surface area contributed by atoms with Gasteiger partial charge in [-0.3, -0.25) is 0 Å². The van der Waals surface area contributed by atoms with E-state index in [0.717, 1.165) is 12.2 Å². The summed E-state index contributed by atoms with van der Waals surface area (Å²) in [6.07, 6.45) is 1.10. The van der Waals surface area contributed by atoms with E-state index in [9.17, 15) is 0 Å². The average Bonchev–Trinajstić information content (AvgIpc) is 2.44. The van der Waals surface area contributed by atoms with E-state index in [1.165, 1.54) is 16.3 Å². The molecule has 0 aliphatic heterocycles. The minimum Gasteiger partial charge on any atom is -0.497 e. The van der Waals surface area contributed by atoms with Crippen molar-refractivity contribution < 1.29 is 4.74 Å². The van der Waals surface area contributed by atoms with Crippen LogP contribution in [-0.2, 0) is 0 Å². The number of benzene rings is 2. The maximum absolute atomic E-state index is 6.27. The molecule has 0 saturated carbocycles. The van der Waals surface area contributed by atoms with E-state index in [-0.39, 0.29) is 18.4 Å². The summed E-state index contributed by atoms with van der Waals surface area (Å²) in [6.45, 7) is 4.37. The second-order valence-corrected chi connectivity index (χ2v) is 4.88. The van der Waals surface area contributed by atoms with Crippen LogP contribution in [0.1, 0.15) is 31.9 Å². The predicted octanol–water partition coefficient (Wildman–Crippen LogP) is 4.32. The van der Waals surface area contributed by atoms with Gasteiger partial charge in [-0.15, -0.1) is 12.4 Å². The van der Waals surface area contributed by atoms with Gasteiger partial charge in [-0.2, -0.15) is 0 Å². The van der Waals surface area contributed by atoms with Gasteiger partial charge >= 0.3 is 0 Å². The molecule has 2 nitrogen and oxygen atoms in total.